The number of hydrogen-bond acceptors (Lipinski definition) is 2. The predicted octanol–water partition coefficient (Wildman–Crippen LogP) is 3.65. The molecule has 2 rings (SSSR count). The van der Waals surface area contributed by atoms with Crippen molar-refractivity contribution in [1.82, 2.24) is 0 Å². The highest BCUT2D eigenvalue weighted by Gasteiger charge is 2.13. The van der Waals surface area contributed by atoms with Gasteiger partial charge in [-0.05, 0) is 54.4 Å². The maximum atomic E-state index is 8.74. The molecule has 0 aromatic heterocycles. The molecule has 0 saturated carbocycles. The zero-order valence-electron chi connectivity index (χ0n) is 8.79. The van der Waals surface area contributed by atoms with E-state index >= 15 is 0 Å². The zero-order chi connectivity index (χ0) is 10.7. The first-order chi connectivity index (χ1) is 7.35. The van der Waals surface area contributed by atoms with E-state index in [9.17, 15) is 0 Å². The van der Waals surface area contributed by atoms with E-state index in [1.165, 1.54) is 28.0 Å². The van der Waals surface area contributed by atoms with Gasteiger partial charge < -0.3 is 0 Å². The summed E-state index contributed by atoms with van der Waals surface area (Å²) in [6, 6.07) is 8.72. The van der Waals surface area contributed by atoms with Gasteiger partial charge >= 0.3 is 0 Å². The van der Waals surface area contributed by atoms with Crippen LogP contribution >= 0.6 is 11.8 Å². The average molecular weight is 215 g/mol. The van der Waals surface area contributed by atoms with Crippen molar-refractivity contribution >= 4 is 17.3 Å². The van der Waals surface area contributed by atoms with E-state index in [-0.39, 0.29) is 0 Å². The lowest BCUT2D eigenvalue weighted by Gasteiger charge is -2.18. The van der Waals surface area contributed by atoms with Crippen LogP contribution in [0.5, 0.6) is 0 Å². The minimum Gasteiger partial charge on any atom is -0.193 e. The van der Waals surface area contributed by atoms with Crippen LogP contribution in [0.25, 0.3) is 5.57 Å². The van der Waals surface area contributed by atoms with Crippen molar-refractivity contribution in [3.8, 4) is 6.07 Å². The average Bonchev–Trinajstić information content (AvgIpc) is 2.29. The van der Waals surface area contributed by atoms with Crippen molar-refractivity contribution < 1.29 is 0 Å². The Morgan fingerprint density at radius 1 is 1.40 bits per heavy atom. The van der Waals surface area contributed by atoms with Gasteiger partial charge in [-0.2, -0.15) is 5.26 Å². The van der Waals surface area contributed by atoms with E-state index in [4.69, 9.17) is 5.26 Å². The van der Waals surface area contributed by atoms with Crippen molar-refractivity contribution in [3.63, 3.8) is 0 Å². The molecule has 0 saturated heterocycles. The molecular formula is C13H13NS. The lowest BCUT2D eigenvalue weighted by atomic mass is 9.87. The Kier molecular flexibility index (Phi) is 3.13. The van der Waals surface area contributed by atoms with Crippen LogP contribution in [0, 0.1) is 11.3 Å². The first-order valence-corrected chi connectivity index (χ1v) is 6.33. The number of benzene rings is 1. The molecule has 0 heterocycles. The molecule has 0 amide bonds. The Balaban J connectivity index is 2.49. The van der Waals surface area contributed by atoms with Gasteiger partial charge in [0.25, 0.3) is 0 Å². The number of hydrogen-bond donors (Lipinski definition) is 0. The Morgan fingerprint density at radius 3 is 3.00 bits per heavy atom. The molecule has 0 aliphatic heterocycles. The summed E-state index contributed by atoms with van der Waals surface area (Å²) in [5.74, 6) is 0. The highest BCUT2D eigenvalue weighted by atomic mass is 32.2. The van der Waals surface area contributed by atoms with E-state index in [1.807, 2.05) is 0 Å². The summed E-state index contributed by atoms with van der Waals surface area (Å²) < 4.78 is 0. The smallest absolute Gasteiger partial charge is 0.0915 e. The summed E-state index contributed by atoms with van der Waals surface area (Å²) in [6.07, 6.45) is 7.13. The molecule has 0 fully saturated rings. The number of fused-ring (bicyclic) bond motifs is 1. The van der Waals surface area contributed by atoms with Crippen LogP contribution in [-0.4, -0.2) is 6.26 Å². The lowest BCUT2D eigenvalue weighted by molar-refractivity contribution is 0.820. The molecule has 76 valence electrons. The summed E-state index contributed by atoms with van der Waals surface area (Å²) >= 11 is 1.75. The third-order valence-electron chi connectivity index (χ3n) is 2.79. The molecule has 1 aliphatic carbocycles. The maximum absolute atomic E-state index is 8.74. The first-order valence-electron chi connectivity index (χ1n) is 5.11. The van der Waals surface area contributed by atoms with Gasteiger partial charge in [0.1, 0.15) is 0 Å². The molecule has 0 radical (unpaired) electrons. The second-order valence-corrected chi connectivity index (χ2v) is 4.55. The number of aryl methyl sites for hydroxylation is 1. The fraction of sp³-hybridized carbons (Fsp3) is 0.308. The summed E-state index contributed by atoms with van der Waals surface area (Å²) in [6.45, 7) is 0. The Bertz CT molecular complexity index is 440. The molecule has 15 heavy (non-hydrogen) atoms. The Labute approximate surface area is 94.8 Å². The first kappa shape index (κ1) is 10.3. The van der Waals surface area contributed by atoms with E-state index in [1.54, 1.807) is 17.8 Å². The predicted molar refractivity (Wildman–Crippen MR) is 64.8 cm³/mol. The van der Waals surface area contributed by atoms with E-state index < -0.39 is 0 Å². The molecule has 1 aliphatic rings. The van der Waals surface area contributed by atoms with Crippen molar-refractivity contribution in [2.45, 2.75) is 24.2 Å². The van der Waals surface area contributed by atoms with Crippen LogP contribution in [0.4, 0.5) is 0 Å². The number of nitriles is 1. The van der Waals surface area contributed by atoms with Crippen LogP contribution in [0.15, 0.2) is 29.2 Å². The summed E-state index contributed by atoms with van der Waals surface area (Å²) in [5.41, 5.74) is 3.88. The number of rotatable bonds is 1. The van der Waals surface area contributed by atoms with Gasteiger partial charge in [-0.25, -0.2) is 0 Å². The van der Waals surface area contributed by atoms with Gasteiger partial charge in [0.05, 0.1) is 6.07 Å². The topological polar surface area (TPSA) is 23.8 Å². The fourth-order valence-electron chi connectivity index (χ4n) is 2.03. The number of thioether (sulfide) groups is 1. The highest BCUT2D eigenvalue weighted by Crippen LogP contribution is 2.32. The van der Waals surface area contributed by atoms with Crippen molar-refractivity contribution in [2.24, 2.45) is 0 Å². The SMILES string of the molecule is CSc1ccc2c(c1)/C(=C/C#N)CCC2. The second kappa shape index (κ2) is 4.55. The van der Waals surface area contributed by atoms with Gasteiger partial charge in [-0.15, -0.1) is 11.8 Å². The van der Waals surface area contributed by atoms with E-state index in [0.29, 0.717) is 0 Å². The van der Waals surface area contributed by atoms with Crippen LogP contribution in [0.3, 0.4) is 0 Å². The van der Waals surface area contributed by atoms with Gasteiger partial charge in [-0.3, -0.25) is 0 Å². The largest absolute Gasteiger partial charge is 0.193 e. The zero-order valence-corrected chi connectivity index (χ0v) is 9.60. The van der Waals surface area contributed by atoms with E-state index in [0.717, 1.165) is 12.8 Å². The van der Waals surface area contributed by atoms with Crippen molar-refractivity contribution in [3.05, 3.63) is 35.4 Å². The fourth-order valence-corrected chi connectivity index (χ4v) is 2.47. The molecule has 2 heteroatoms. The van der Waals surface area contributed by atoms with Crippen LogP contribution < -0.4 is 0 Å². The number of nitrogens with zero attached hydrogens (tertiary/aromatic N) is 1. The van der Waals surface area contributed by atoms with Crippen molar-refractivity contribution in [1.29, 1.82) is 5.26 Å². The van der Waals surface area contributed by atoms with Gasteiger partial charge in [0.2, 0.25) is 0 Å². The molecule has 1 aromatic rings. The molecular weight excluding hydrogens is 202 g/mol. The Hall–Kier alpha value is -1.20. The maximum Gasteiger partial charge on any atom is 0.0915 e. The molecule has 0 spiro atoms. The van der Waals surface area contributed by atoms with Crippen LogP contribution in [0.1, 0.15) is 24.0 Å². The molecule has 1 nitrogen and oxygen atoms in total. The third kappa shape index (κ3) is 2.08. The van der Waals surface area contributed by atoms with Gasteiger partial charge in [-0.1, -0.05) is 6.07 Å². The minimum atomic E-state index is 1.04. The second-order valence-electron chi connectivity index (χ2n) is 3.68. The summed E-state index contributed by atoms with van der Waals surface area (Å²) in [7, 11) is 0. The standard InChI is InChI=1S/C13H13NS/c1-15-12-6-5-10-3-2-4-11(7-8-14)13(10)9-12/h5-7,9H,2-4H2,1H3/b11-7+. The molecule has 1 aromatic carbocycles. The number of allylic oxidation sites excluding steroid dienone is 2. The third-order valence-corrected chi connectivity index (χ3v) is 3.52. The summed E-state index contributed by atoms with van der Waals surface area (Å²) in [5, 5.41) is 8.74. The monoisotopic (exact) mass is 215 g/mol. The molecule has 0 N–H and O–H groups in total. The Morgan fingerprint density at radius 2 is 2.27 bits per heavy atom. The van der Waals surface area contributed by atoms with Gasteiger partial charge in [0, 0.05) is 11.0 Å². The van der Waals surface area contributed by atoms with Crippen LogP contribution in [0.2, 0.25) is 0 Å². The van der Waals surface area contributed by atoms with Gasteiger partial charge in [0.15, 0.2) is 0 Å². The van der Waals surface area contributed by atoms with E-state index in [2.05, 4.69) is 30.5 Å². The van der Waals surface area contributed by atoms with Crippen molar-refractivity contribution in [2.75, 3.05) is 6.26 Å². The molecule has 0 atom stereocenters. The van der Waals surface area contributed by atoms with Crippen LogP contribution in [-0.2, 0) is 6.42 Å². The molecule has 0 bridgehead atoms. The lowest BCUT2D eigenvalue weighted by Crippen LogP contribution is -2.01. The quantitative estimate of drug-likeness (QED) is 0.527. The molecule has 0 unspecified atom stereocenters. The highest BCUT2D eigenvalue weighted by molar-refractivity contribution is 7.98. The normalized spacial score (nSPS) is 17.2. The summed E-state index contributed by atoms with van der Waals surface area (Å²) in [4.78, 5) is 1.28. The minimum absolute atomic E-state index is 1.04.